The van der Waals surface area contributed by atoms with Crippen LogP contribution in [0.5, 0.6) is 5.75 Å². The topological polar surface area (TPSA) is 78.3 Å². The Morgan fingerprint density at radius 3 is 2.47 bits per heavy atom. The molecule has 1 fully saturated rings. The number of rotatable bonds is 5. The van der Waals surface area contributed by atoms with Gasteiger partial charge in [0.1, 0.15) is 23.8 Å². The summed E-state index contributed by atoms with van der Waals surface area (Å²) in [7, 11) is 1.82. The second-order valence-electron chi connectivity index (χ2n) is 9.04. The average molecular weight is 454 g/mol. The van der Waals surface area contributed by atoms with E-state index in [1.165, 1.54) is 12.1 Å². The molecule has 0 radical (unpaired) electrons. The average Bonchev–Trinajstić information content (AvgIpc) is 3.05. The van der Waals surface area contributed by atoms with Gasteiger partial charge in [-0.05, 0) is 64.7 Å². The summed E-state index contributed by atoms with van der Waals surface area (Å²) in [5.41, 5.74) is -1.29. The van der Waals surface area contributed by atoms with E-state index in [1.807, 2.05) is 32.4 Å². The number of alkyl carbamates (subject to hydrolysis) is 1. The highest BCUT2D eigenvalue weighted by molar-refractivity contribution is 5.68. The van der Waals surface area contributed by atoms with Crippen molar-refractivity contribution in [2.24, 2.45) is 7.05 Å². The van der Waals surface area contributed by atoms with Crippen LogP contribution >= 0.6 is 0 Å². The summed E-state index contributed by atoms with van der Waals surface area (Å²) in [6.45, 7) is 5.49. The minimum atomic E-state index is -4.42. The fraction of sp³-hybridized carbons (Fsp3) is 0.591. The van der Waals surface area contributed by atoms with Gasteiger partial charge < -0.3 is 19.4 Å². The number of aromatic nitrogens is 3. The third-order valence-electron chi connectivity index (χ3n) is 5.34. The molecule has 0 atom stereocenters. The van der Waals surface area contributed by atoms with Crippen LogP contribution in [0, 0.1) is 0 Å². The number of alkyl halides is 3. The summed E-state index contributed by atoms with van der Waals surface area (Å²) in [6.07, 6.45) is -1.57. The lowest BCUT2D eigenvalue weighted by molar-refractivity contribution is -0.137. The number of hydrogen-bond acceptors (Lipinski definition) is 5. The summed E-state index contributed by atoms with van der Waals surface area (Å²) < 4.78 is 51.3. The maximum Gasteiger partial charge on any atom is 0.416 e. The van der Waals surface area contributed by atoms with Gasteiger partial charge in [-0.25, -0.2) is 4.79 Å². The van der Waals surface area contributed by atoms with Gasteiger partial charge in [0.05, 0.1) is 5.56 Å². The van der Waals surface area contributed by atoms with Crippen LogP contribution in [0.3, 0.4) is 0 Å². The van der Waals surface area contributed by atoms with E-state index >= 15 is 0 Å². The largest absolute Gasteiger partial charge is 0.486 e. The van der Waals surface area contributed by atoms with Gasteiger partial charge in [-0.1, -0.05) is 6.07 Å². The van der Waals surface area contributed by atoms with Crippen molar-refractivity contribution in [2.75, 3.05) is 0 Å². The van der Waals surface area contributed by atoms with Crippen molar-refractivity contribution in [3.05, 3.63) is 41.5 Å². The van der Waals surface area contributed by atoms with Crippen LogP contribution in [0.1, 0.15) is 69.6 Å². The molecule has 1 N–H and O–H groups in total. The van der Waals surface area contributed by atoms with Gasteiger partial charge in [-0.2, -0.15) is 13.2 Å². The van der Waals surface area contributed by atoms with E-state index in [0.29, 0.717) is 5.82 Å². The highest BCUT2D eigenvalue weighted by atomic mass is 19.4. The molecule has 1 aliphatic carbocycles. The van der Waals surface area contributed by atoms with Crippen molar-refractivity contribution in [1.29, 1.82) is 0 Å². The summed E-state index contributed by atoms with van der Waals surface area (Å²) in [6, 6.07) is 4.81. The number of carbonyl (C=O) groups excluding carboxylic acids is 1. The third kappa shape index (κ3) is 6.37. The summed E-state index contributed by atoms with van der Waals surface area (Å²) in [5.74, 6) is 1.65. The van der Waals surface area contributed by atoms with E-state index < -0.39 is 23.4 Å². The van der Waals surface area contributed by atoms with Crippen LogP contribution in [0.25, 0.3) is 0 Å². The zero-order chi connectivity index (χ0) is 23.5. The molecule has 1 saturated carbocycles. The lowest BCUT2D eigenvalue weighted by atomic mass is 9.85. The first-order valence-corrected chi connectivity index (χ1v) is 10.6. The van der Waals surface area contributed by atoms with E-state index in [0.717, 1.165) is 43.6 Å². The van der Waals surface area contributed by atoms with Gasteiger partial charge in [0.2, 0.25) is 0 Å². The Labute approximate surface area is 185 Å². The molecule has 32 heavy (non-hydrogen) atoms. The standard InChI is InChI=1S/C22H29F3N4O3/c1-21(2,3)32-20(30)26-16-10-8-14(9-11-16)19-28-27-18(29(19)4)13-31-17-7-5-6-15(12-17)22(23,24)25/h5-7,12,14,16H,8-11,13H2,1-4H3,(H,26,30). The zero-order valence-electron chi connectivity index (χ0n) is 18.7. The summed E-state index contributed by atoms with van der Waals surface area (Å²) >= 11 is 0. The molecule has 0 bridgehead atoms. The van der Waals surface area contributed by atoms with Gasteiger partial charge >= 0.3 is 12.3 Å². The fourth-order valence-electron chi connectivity index (χ4n) is 3.74. The Morgan fingerprint density at radius 2 is 1.84 bits per heavy atom. The lowest BCUT2D eigenvalue weighted by Crippen LogP contribution is -2.40. The molecule has 1 aliphatic rings. The smallest absolute Gasteiger partial charge is 0.416 e. The normalized spacial score (nSPS) is 19.5. The summed E-state index contributed by atoms with van der Waals surface area (Å²) in [4.78, 5) is 12.0. The molecule has 7 nitrogen and oxygen atoms in total. The van der Waals surface area contributed by atoms with Crippen LogP contribution in [0.4, 0.5) is 18.0 Å². The molecule has 2 aromatic rings. The summed E-state index contributed by atoms with van der Waals surface area (Å²) in [5, 5.41) is 11.4. The van der Waals surface area contributed by atoms with Crippen LogP contribution < -0.4 is 10.1 Å². The molecule has 1 amide bonds. The maximum atomic E-state index is 12.9. The Morgan fingerprint density at radius 1 is 1.16 bits per heavy atom. The van der Waals surface area contributed by atoms with Gasteiger partial charge in [0.15, 0.2) is 5.82 Å². The number of hydrogen-bond donors (Lipinski definition) is 1. The molecule has 0 spiro atoms. The highest BCUT2D eigenvalue weighted by Crippen LogP contribution is 2.33. The third-order valence-corrected chi connectivity index (χ3v) is 5.34. The van der Waals surface area contributed by atoms with E-state index in [9.17, 15) is 18.0 Å². The SMILES string of the molecule is Cn1c(COc2cccc(C(F)(F)F)c2)nnc1C1CCC(NC(=O)OC(C)(C)C)CC1. The molecule has 0 aliphatic heterocycles. The number of nitrogens with one attached hydrogen (secondary N) is 1. The fourth-order valence-corrected chi connectivity index (χ4v) is 3.74. The number of carbonyl (C=O) groups is 1. The van der Waals surface area contributed by atoms with Crippen molar-refractivity contribution in [3.8, 4) is 5.75 Å². The van der Waals surface area contributed by atoms with Gasteiger partial charge in [-0.15, -0.1) is 10.2 Å². The molecule has 1 aromatic heterocycles. The van der Waals surface area contributed by atoms with E-state index in [1.54, 1.807) is 0 Å². The van der Waals surface area contributed by atoms with Crippen molar-refractivity contribution < 1.29 is 27.4 Å². The van der Waals surface area contributed by atoms with Crippen LogP contribution in [-0.4, -0.2) is 32.5 Å². The first-order chi connectivity index (χ1) is 14.9. The minimum Gasteiger partial charge on any atom is -0.486 e. The molecule has 10 heteroatoms. The minimum absolute atomic E-state index is 0.0142. The monoisotopic (exact) mass is 454 g/mol. The van der Waals surface area contributed by atoms with Crippen molar-refractivity contribution >= 4 is 6.09 Å². The molecular weight excluding hydrogens is 425 g/mol. The second kappa shape index (κ2) is 9.38. The van der Waals surface area contributed by atoms with Crippen molar-refractivity contribution in [1.82, 2.24) is 20.1 Å². The van der Waals surface area contributed by atoms with Gasteiger partial charge in [0, 0.05) is 19.0 Å². The van der Waals surface area contributed by atoms with Crippen LogP contribution in [0.15, 0.2) is 24.3 Å². The molecular formula is C22H29F3N4O3. The van der Waals surface area contributed by atoms with E-state index in [2.05, 4.69) is 15.5 Å². The molecule has 3 rings (SSSR count). The first-order valence-electron chi connectivity index (χ1n) is 10.6. The number of halogens is 3. The second-order valence-corrected chi connectivity index (χ2v) is 9.04. The van der Waals surface area contributed by atoms with Gasteiger partial charge in [0.25, 0.3) is 0 Å². The Kier molecular flexibility index (Phi) is 7.00. The van der Waals surface area contributed by atoms with E-state index in [4.69, 9.17) is 9.47 Å². The van der Waals surface area contributed by atoms with Crippen LogP contribution in [0.2, 0.25) is 0 Å². The molecule has 1 heterocycles. The predicted molar refractivity (Wildman–Crippen MR) is 111 cm³/mol. The van der Waals surface area contributed by atoms with Gasteiger partial charge in [-0.3, -0.25) is 0 Å². The molecule has 0 saturated heterocycles. The van der Waals surface area contributed by atoms with E-state index in [-0.39, 0.29) is 24.3 Å². The number of ether oxygens (including phenoxy) is 2. The Hall–Kier alpha value is -2.78. The molecule has 176 valence electrons. The molecule has 1 aromatic carbocycles. The zero-order valence-corrected chi connectivity index (χ0v) is 18.7. The number of benzene rings is 1. The molecule has 0 unspecified atom stereocenters. The Bertz CT molecular complexity index is 929. The lowest BCUT2D eigenvalue weighted by Gasteiger charge is -2.29. The Balaban J connectivity index is 1.54. The first kappa shape index (κ1) is 23.9. The number of nitrogens with zero attached hydrogens (tertiary/aromatic N) is 3. The number of amides is 1. The van der Waals surface area contributed by atoms with Crippen molar-refractivity contribution in [2.45, 2.75) is 76.8 Å². The van der Waals surface area contributed by atoms with Crippen molar-refractivity contribution in [3.63, 3.8) is 0 Å². The van der Waals surface area contributed by atoms with Crippen LogP contribution in [-0.2, 0) is 24.6 Å². The maximum absolute atomic E-state index is 12.9. The quantitative estimate of drug-likeness (QED) is 0.691. The highest BCUT2D eigenvalue weighted by Gasteiger charge is 2.31. The predicted octanol–water partition coefficient (Wildman–Crippen LogP) is 4.96.